The van der Waals surface area contributed by atoms with E-state index >= 15 is 0 Å². The first kappa shape index (κ1) is 16.5. The SMILES string of the molecule is Cc1noc(C)c1C(=O)O[C@H](C)C(=O)N1C[C@H](C)O[C@@H](C)C1. The van der Waals surface area contributed by atoms with Crippen LogP contribution in [0, 0.1) is 13.8 Å². The van der Waals surface area contributed by atoms with E-state index in [1.807, 2.05) is 13.8 Å². The summed E-state index contributed by atoms with van der Waals surface area (Å²) >= 11 is 0. The smallest absolute Gasteiger partial charge is 0.344 e. The lowest BCUT2D eigenvalue weighted by atomic mass is 10.2. The molecule has 1 aliphatic rings. The average molecular weight is 310 g/mol. The molecular formula is C15H22N2O5. The molecule has 122 valence electrons. The zero-order valence-electron chi connectivity index (χ0n) is 13.6. The molecule has 0 radical (unpaired) electrons. The molecule has 2 rings (SSSR count). The van der Waals surface area contributed by atoms with Crippen LogP contribution in [-0.2, 0) is 14.3 Å². The second kappa shape index (κ2) is 6.48. The minimum Gasteiger partial charge on any atom is -0.449 e. The normalized spacial score (nSPS) is 23.2. The fourth-order valence-electron chi connectivity index (χ4n) is 2.66. The summed E-state index contributed by atoms with van der Waals surface area (Å²) in [4.78, 5) is 26.2. The Labute approximate surface area is 129 Å². The Morgan fingerprint density at radius 3 is 2.36 bits per heavy atom. The summed E-state index contributed by atoms with van der Waals surface area (Å²) in [6.07, 6.45) is -0.921. The second-order valence-corrected chi connectivity index (χ2v) is 5.75. The van der Waals surface area contributed by atoms with Gasteiger partial charge in [0.2, 0.25) is 0 Å². The van der Waals surface area contributed by atoms with Gasteiger partial charge in [-0.25, -0.2) is 4.79 Å². The Morgan fingerprint density at radius 1 is 1.27 bits per heavy atom. The van der Waals surface area contributed by atoms with Crippen molar-refractivity contribution in [1.29, 1.82) is 0 Å². The van der Waals surface area contributed by atoms with Crippen molar-refractivity contribution >= 4 is 11.9 Å². The molecule has 1 fully saturated rings. The molecule has 0 bridgehead atoms. The Morgan fingerprint density at radius 2 is 1.86 bits per heavy atom. The third-order valence-electron chi connectivity index (χ3n) is 3.60. The molecule has 2 heterocycles. The van der Waals surface area contributed by atoms with Crippen LogP contribution in [-0.4, -0.2) is 53.3 Å². The van der Waals surface area contributed by atoms with Gasteiger partial charge in [-0.1, -0.05) is 5.16 Å². The largest absolute Gasteiger partial charge is 0.449 e. The highest BCUT2D eigenvalue weighted by molar-refractivity contribution is 5.93. The number of rotatable bonds is 3. The number of nitrogens with zero attached hydrogens (tertiary/aromatic N) is 2. The standard InChI is InChI=1S/C15H22N2O5/c1-8-6-17(7-9(2)20-8)14(18)12(5)21-15(19)13-10(3)16-22-11(13)4/h8-9,12H,6-7H2,1-5H3/t8-,9-,12+/m0/s1. The lowest BCUT2D eigenvalue weighted by Gasteiger charge is -2.36. The van der Waals surface area contributed by atoms with E-state index in [-0.39, 0.29) is 23.7 Å². The van der Waals surface area contributed by atoms with Gasteiger partial charge in [0.25, 0.3) is 5.91 Å². The van der Waals surface area contributed by atoms with Crippen molar-refractivity contribution in [2.75, 3.05) is 13.1 Å². The summed E-state index contributed by atoms with van der Waals surface area (Å²) in [7, 11) is 0. The van der Waals surface area contributed by atoms with E-state index < -0.39 is 12.1 Å². The number of aromatic nitrogens is 1. The summed E-state index contributed by atoms with van der Waals surface area (Å²) in [6, 6.07) is 0. The molecule has 1 aromatic rings. The third-order valence-corrected chi connectivity index (χ3v) is 3.60. The molecular weight excluding hydrogens is 288 g/mol. The topological polar surface area (TPSA) is 81.9 Å². The van der Waals surface area contributed by atoms with E-state index in [9.17, 15) is 9.59 Å². The first-order valence-corrected chi connectivity index (χ1v) is 7.37. The van der Waals surface area contributed by atoms with Crippen LogP contribution >= 0.6 is 0 Å². The van der Waals surface area contributed by atoms with Crippen LogP contribution in [0.3, 0.4) is 0 Å². The van der Waals surface area contributed by atoms with Gasteiger partial charge in [-0.15, -0.1) is 0 Å². The highest BCUT2D eigenvalue weighted by atomic mass is 16.6. The molecule has 3 atom stereocenters. The van der Waals surface area contributed by atoms with Crippen molar-refractivity contribution in [2.24, 2.45) is 0 Å². The van der Waals surface area contributed by atoms with Gasteiger partial charge < -0.3 is 18.9 Å². The van der Waals surface area contributed by atoms with Crippen molar-refractivity contribution in [3.8, 4) is 0 Å². The number of carbonyl (C=O) groups excluding carboxylic acids is 2. The van der Waals surface area contributed by atoms with Gasteiger partial charge in [-0.05, 0) is 34.6 Å². The number of amides is 1. The Bertz CT molecular complexity index is 539. The number of morpholine rings is 1. The molecule has 22 heavy (non-hydrogen) atoms. The van der Waals surface area contributed by atoms with Crippen molar-refractivity contribution < 1.29 is 23.6 Å². The van der Waals surface area contributed by atoms with Crippen molar-refractivity contribution in [3.63, 3.8) is 0 Å². The molecule has 7 nitrogen and oxygen atoms in total. The molecule has 0 N–H and O–H groups in total. The number of aryl methyl sites for hydroxylation is 2. The van der Waals surface area contributed by atoms with E-state index in [0.717, 1.165) is 0 Å². The Hall–Kier alpha value is -1.89. The van der Waals surface area contributed by atoms with Crippen LogP contribution in [0.2, 0.25) is 0 Å². The van der Waals surface area contributed by atoms with Crippen LogP contribution in [0.25, 0.3) is 0 Å². The molecule has 1 amide bonds. The highest BCUT2D eigenvalue weighted by Crippen LogP contribution is 2.16. The highest BCUT2D eigenvalue weighted by Gasteiger charge is 2.31. The molecule has 0 unspecified atom stereocenters. The molecule has 0 spiro atoms. The number of hydrogen-bond donors (Lipinski definition) is 0. The number of carbonyl (C=O) groups is 2. The van der Waals surface area contributed by atoms with E-state index in [1.54, 1.807) is 25.7 Å². The van der Waals surface area contributed by atoms with Gasteiger partial charge in [-0.3, -0.25) is 4.79 Å². The van der Waals surface area contributed by atoms with E-state index in [1.165, 1.54) is 0 Å². The minimum absolute atomic E-state index is 0.0295. The van der Waals surface area contributed by atoms with Crippen LogP contribution in [0.1, 0.15) is 42.6 Å². The molecule has 1 aromatic heterocycles. The zero-order chi connectivity index (χ0) is 16.4. The summed E-state index contributed by atoms with van der Waals surface area (Å²) in [5.74, 6) is -0.427. The van der Waals surface area contributed by atoms with Crippen molar-refractivity contribution in [2.45, 2.75) is 52.9 Å². The fraction of sp³-hybridized carbons (Fsp3) is 0.667. The van der Waals surface area contributed by atoms with Crippen LogP contribution in [0.15, 0.2) is 4.52 Å². The fourth-order valence-corrected chi connectivity index (χ4v) is 2.66. The Balaban J connectivity index is 2.01. The predicted octanol–water partition coefficient (Wildman–Crippen LogP) is 1.47. The van der Waals surface area contributed by atoms with Gasteiger partial charge in [0.1, 0.15) is 11.3 Å². The first-order valence-electron chi connectivity index (χ1n) is 7.37. The van der Waals surface area contributed by atoms with Gasteiger partial charge in [0.15, 0.2) is 6.10 Å². The Kier molecular flexibility index (Phi) is 4.85. The molecule has 1 aliphatic heterocycles. The van der Waals surface area contributed by atoms with Crippen LogP contribution in [0.4, 0.5) is 0 Å². The first-order chi connectivity index (χ1) is 10.3. The number of ether oxygens (including phenoxy) is 2. The predicted molar refractivity (Wildman–Crippen MR) is 77.4 cm³/mol. The lowest BCUT2D eigenvalue weighted by Crippen LogP contribution is -2.51. The van der Waals surface area contributed by atoms with Crippen molar-refractivity contribution in [1.82, 2.24) is 10.1 Å². The molecule has 1 saturated heterocycles. The van der Waals surface area contributed by atoms with Gasteiger partial charge >= 0.3 is 5.97 Å². The number of esters is 1. The van der Waals surface area contributed by atoms with E-state index in [0.29, 0.717) is 24.5 Å². The third kappa shape index (κ3) is 3.47. The summed E-state index contributed by atoms with van der Waals surface area (Å²) < 4.78 is 15.8. The minimum atomic E-state index is -0.862. The zero-order valence-corrected chi connectivity index (χ0v) is 13.6. The second-order valence-electron chi connectivity index (χ2n) is 5.75. The maximum absolute atomic E-state index is 12.4. The van der Waals surface area contributed by atoms with Gasteiger partial charge in [-0.2, -0.15) is 0 Å². The summed E-state index contributed by atoms with van der Waals surface area (Å²) in [5.41, 5.74) is 0.735. The molecule has 0 saturated carbocycles. The van der Waals surface area contributed by atoms with Crippen LogP contribution in [0.5, 0.6) is 0 Å². The quantitative estimate of drug-likeness (QED) is 0.786. The summed E-state index contributed by atoms with van der Waals surface area (Å²) in [6.45, 7) is 9.68. The van der Waals surface area contributed by atoms with Gasteiger partial charge in [0, 0.05) is 13.1 Å². The number of hydrogen-bond acceptors (Lipinski definition) is 6. The maximum Gasteiger partial charge on any atom is 0.344 e. The lowest BCUT2D eigenvalue weighted by molar-refractivity contribution is -0.151. The van der Waals surface area contributed by atoms with Crippen LogP contribution < -0.4 is 0 Å². The maximum atomic E-state index is 12.4. The monoisotopic (exact) mass is 310 g/mol. The molecule has 0 aromatic carbocycles. The summed E-state index contributed by atoms with van der Waals surface area (Å²) in [5, 5.41) is 3.71. The molecule has 0 aliphatic carbocycles. The molecule has 7 heteroatoms. The van der Waals surface area contributed by atoms with E-state index in [2.05, 4.69) is 5.16 Å². The average Bonchev–Trinajstić information content (AvgIpc) is 2.76. The van der Waals surface area contributed by atoms with Gasteiger partial charge in [0.05, 0.1) is 17.9 Å². The van der Waals surface area contributed by atoms with Crippen molar-refractivity contribution in [3.05, 3.63) is 17.0 Å². The van der Waals surface area contributed by atoms with E-state index in [4.69, 9.17) is 14.0 Å².